The Morgan fingerprint density at radius 3 is 2.82 bits per heavy atom. The Balaban J connectivity index is 1.45. The molecule has 1 aliphatic heterocycles. The summed E-state index contributed by atoms with van der Waals surface area (Å²) in [5, 5.41) is 3.39. The van der Waals surface area contributed by atoms with E-state index in [1.54, 1.807) is 0 Å². The van der Waals surface area contributed by atoms with E-state index < -0.39 is 0 Å². The Hall–Kier alpha value is -0.870. The number of nitrogens with one attached hydrogen (secondary N) is 1. The first kappa shape index (κ1) is 11.2. The number of aromatic nitrogens is 2. The monoisotopic (exact) mass is 234 g/mol. The summed E-state index contributed by atoms with van der Waals surface area (Å²) < 4.78 is 2.36. The number of hydrogen-bond donors (Lipinski definition) is 1. The summed E-state index contributed by atoms with van der Waals surface area (Å²) in [6.07, 6.45) is 8.04. The molecule has 4 heteroatoms. The molecule has 0 radical (unpaired) electrons. The first-order chi connectivity index (χ1) is 8.43. The van der Waals surface area contributed by atoms with Crippen molar-refractivity contribution in [3.63, 3.8) is 0 Å². The lowest BCUT2D eigenvalue weighted by Gasteiger charge is -2.27. The molecule has 2 fully saturated rings. The van der Waals surface area contributed by atoms with Crippen molar-refractivity contribution in [2.45, 2.75) is 31.7 Å². The highest BCUT2D eigenvalue weighted by molar-refractivity contribution is 5.12. The average molecular weight is 234 g/mol. The van der Waals surface area contributed by atoms with E-state index in [4.69, 9.17) is 0 Å². The Morgan fingerprint density at radius 2 is 2.06 bits per heavy atom. The lowest BCUT2D eigenvalue weighted by molar-refractivity contribution is 0.234. The first-order valence-electron chi connectivity index (χ1n) is 6.86. The lowest BCUT2D eigenvalue weighted by Crippen LogP contribution is -2.43. The van der Waals surface area contributed by atoms with Crippen LogP contribution in [0.4, 0.5) is 0 Å². The van der Waals surface area contributed by atoms with Crippen LogP contribution in [-0.4, -0.2) is 47.2 Å². The third-order valence-electron chi connectivity index (χ3n) is 3.82. The number of aryl methyl sites for hydroxylation is 1. The summed E-state index contributed by atoms with van der Waals surface area (Å²) in [4.78, 5) is 6.85. The molecule has 1 aromatic heterocycles. The summed E-state index contributed by atoms with van der Waals surface area (Å²) in [6, 6.07) is 0. The van der Waals surface area contributed by atoms with Crippen LogP contribution in [0, 0.1) is 0 Å². The van der Waals surface area contributed by atoms with Crippen LogP contribution in [0.15, 0.2) is 12.5 Å². The molecule has 1 aromatic rings. The molecule has 0 unspecified atom stereocenters. The highest BCUT2D eigenvalue weighted by atomic mass is 15.2. The number of nitrogens with zero attached hydrogens (tertiary/aromatic N) is 3. The van der Waals surface area contributed by atoms with Crippen molar-refractivity contribution >= 4 is 0 Å². The molecule has 3 rings (SSSR count). The second-order valence-corrected chi connectivity index (χ2v) is 5.23. The molecule has 0 atom stereocenters. The minimum absolute atomic E-state index is 0.816. The van der Waals surface area contributed by atoms with Gasteiger partial charge in [0, 0.05) is 50.5 Å². The fourth-order valence-corrected chi connectivity index (χ4v) is 2.64. The summed E-state index contributed by atoms with van der Waals surface area (Å²) >= 11 is 0. The molecular weight excluding hydrogens is 212 g/mol. The van der Waals surface area contributed by atoms with E-state index in [0.29, 0.717) is 0 Å². The van der Waals surface area contributed by atoms with Gasteiger partial charge in [0.2, 0.25) is 0 Å². The zero-order valence-corrected chi connectivity index (χ0v) is 10.4. The molecule has 2 heterocycles. The minimum atomic E-state index is 0.816. The maximum atomic E-state index is 4.29. The zero-order valence-electron chi connectivity index (χ0n) is 10.4. The normalized spacial score (nSPS) is 21.9. The third-order valence-corrected chi connectivity index (χ3v) is 3.82. The van der Waals surface area contributed by atoms with Gasteiger partial charge in [-0.1, -0.05) is 0 Å². The van der Waals surface area contributed by atoms with Crippen LogP contribution in [0.2, 0.25) is 0 Å². The number of piperazine rings is 1. The van der Waals surface area contributed by atoms with Crippen molar-refractivity contribution < 1.29 is 0 Å². The second kappa shape index (κ2) is 5.19. The Kier molecular flexibility index (Phi) is 3.43. The number of imidazole rings is 1. The molecule has 94 valence electrons. The van der Waals surface area contributed by atoms with E-state index in [-0.39, 0.29) is 0 Å². The molecule has 0 bridgehead atoms. The quantitative estimate of drug-likeness (QED) is 0.827. The van der Waals surface area contributed by atoms with Crippen molar-refractivity contribution in [3.05, 3.63) is 18.2 Å². The van der Waals surface area contributed by atoms with Crippen molar-refractivity contribution in [1.82, 2.24) is 19.8 Å². The first-order valence-corrected chi connectivity index (χ1v) is 6.86. The molecule has 17 heavy (non-hydrogen) atoms. The number of hydrogen-bond acceptors (Lipinski definition) is 3. The topological polar surface area (TPSA) is 33.1 Å². The fourth-order valence-electron chi connectivity index (χ4n) is 2.64. The summed E-state index contributed by atoms with van der Waals surface area (Å²) in [5.41, 5.74) is 1.46. The minimum Gasteiger partial charge on any atom is -0.334 e. The SMILES string of the molecule is c1ncn(CCCN2CCNCC2)c1C1CC1. The smallest absolute Gasteiger partial charge is 0.0948 e. The molecule has 1 aliphatic carbocycles. The summed E-state index contributed by atoms with van der Waals surface area (Å²) in [6.45, 7) is 7.08. The molecule has 1 N–H and O–H groups in total. The maximum absolute atomic E-state index is 4.29. The van der Waals surface area contributed by atoms with Crippen LogP contribution < -0.4 is 5.32 Å². The third kappa shape index (κ3) is 2.87. The van der Waals surface area contributed by atoms with E-state index in [1.165, 1.54) is 44.6 Å². The molecular formula is C13H22N4. The lowest BCUT2D eigenvalue weighted by atomic mass is 10.3. The molecule has 4 nitrogen and oxygen atoms in total. The Labute approximate surface area is 103 Å². The predicted octanol–water partition coefficient (Wildman–Crippen LogP) is 1.06. The molecule has 0 aromatic carbocycles. The largest absolute Gasteiger partial charge is 0.334 e. The highest BCUT2D eigenvalue weighted by Crippen LogP contribution is 2.39. The average Bonchev–Trinajstić information content (AvgIpc) is 3.11. The number of rotatable bonds is 5. The van der Waals surface area contributed by atoms with Crippen molar-refractivity contribution in [3.8, 4) is 0 Å². The van der Waals surface area contributed by atoms with Crippen LogP contribution in [0.1, 0.15) is 30.9 Å². The Morgan fingerprint density at radius 1 is 1.24 bits per heavy atom. The van der Waals surface area contributed by atoms with Gasteiger partial charge in [0.25, 0.3) is 0 Å². The zero-order chi connectivity index (χ0) is 11.5. The van der Waals surface area contributed by atoms with E-state index in [9.17, 15) is 0 Å². The van der Waals surface area contributed by atoms with E-state index >= 15 is 0 Å². The van der Waals surface area contributed by atoms with Crippen LogP contribution >= 0.6 is 0 Å². The van der Waals surface area contributed by atoms with Gasteiger partial charge in [-0.3, -0.25) is 0 Å². The van der Waals surface area contributed by atoms with Gasteiger partial charge in [-0.2, -0.15) is 0 Å². The Bertz CT molecular complexity index is 350. The van der Waals surface area contributed by atoms with Crippen molar-refractivity contribution in [1.29, 1.82) is 0 Å². The van der Waals surface area contributed by atoms with Gasteiger partial charge in [-0.25, -0.2) is 4.98 Å². The van der Waals surface area contributed by atoms with E-state index in [1.807, 2.05) is 6.33 Å². The predicted molar refractivity (Wildman–Crippen MR) is 68.1 cm³/mol. The second-order valence-electron chi connectivity index (χ2n) is 5.23. The molecule has 1 saturated carbocycles. The van der Waals surface area contributed by atoms with Crippen molar-refractivity contribution in [2.75, 3.05) is 32.7 Å². The maximum Gasteiger partial charge on any atom is 0.0948 e. The van der Waals surface area contributed by atoms with Crippen LogP contribution in [0.3, 0.4) is 0 Å². The van der Waals surface area contributed by atoms with Crippen LogP contribution in [0.25, 0.3) is 0 Å². The van der Waals surface area contributed by atoms with Gasteiger partial charge in [0.05, 0.1) is 6.33 Å². The van der Waals surface area contributed by atoms with Gasteiger partial charge >= 0.3 is 0 Å². The standard InChI is InChI=1S/C13H22N4/c1(6-16-8-4-14-5-9-16)7-17-11-15-10-13(17)12-2-3-12/h10-12,14H,1-9H2. The van der Waals surface area contributed by atoms with Gasteiger partial charge in [-0.05, 0) is 25.8 Å². The van der Waals surface area contributed by atoms with Gasteiger partial charge in [-0.15, -0.1) is 0 Å². The summed E-state index contributed by atoms with van der Waals surface area (Å²) in [5.74, 6) is 0.816. The summed E-state index contributed by atoms with van der Waals surface area (Å²) in [7, 11) is 0. The molecule has 2 aliphatic rings. The molecule has 0 amide bonds. The van der Waals surface area contributed by atoms with E-state index in [2.05, 4.69) is 26.0 Å². The fraction of sp³-hybridized carbons (Fsp3) is 0.769. The van der Waals surface area contributed by atoms with Crippen molar-refractivity contribution in [2.24, 2.45) is 0 Å². The van der Waals surface area contributed by atoms with Gasteiger partial charge in [0.1, 0.15) is 0 Å². The van der Waals surface area contributed by atoms with Gasteiger partial charge in [0.15, 0.2) is 0 Å². The highest BCUT2D eigenvalue weighted by Gasteiger charge is 2.26. The van der Waals surface area contributed by atoms with Gasteiger partial charge < -0.3 is 14.8 Å². The van der Waals surface area contributed by atoms with E-state index in [0.717, 1.165) is 25.6 Å². The van der Waals surface area contributed by atoms with Crippen LogP contribution in [0.5, 0.6) is 0 Å². The molecule has 1 saturated heterocycles. The van der Waals surface area contributed by atoms with Crippen LogP contribution in [-0.2, 0) is 6.54 Å². The molecule has 0 spiro atoms.